The minimum atomic E-state index is -0.314. The minimum absolute atomic E-state index is 0.00453. The van der Waals surface area contributed by atoms with Gasteiger partial charge < -0.3 is 20.3 Å². The lowest BCUT2D eigenvalue weighted by Crippen LogP contribution is -2.50. The third-order valence-corrected chi connectivity index (χ3v) is 5.15. The molecular formula is C21H34N4O2. The predicted molar refractivity (Wildman–Crippen MR) is 110 cm³/mol. The van der Waals surface area contributed by atoms with Crippen LogP contribution < -0.4 is 15.4 Å². The van der Waals surface area contributed by atoms with Crippen molar-refractivity contribution < 1.29 is 9.53 Å². The molecule has 6 heteroatoms. The molecule has 0 heterocycles. The van der Waals surface area contributed by atoms with Crippen molar-refractivity contribution in [3.63, 3.8) is 0 Å². The molecule has 150 valence electrons. The lowest BCUT2D eigenvalue weighted by molar-refractivity contribution is -0.138. The van der Waals surface area contributed by atoms with Crippen LogP contribution in [0.4, 0.5) is 0 Å². The van der Waals surface area contributed by atoms with Crippen LogP contribution in [-0.2, 0) is 4.79 Å². The molecule has 2 N–H and O–H groups in total. The first-order chi connectivity index (χ1) is 12.9. The first-order valence-electron chi connectivity index (χ1n) is 9.76. The number of hydrogen-bond donors (Lipinski definition) is 2. The van der Waals surface area contributed by atoms with Crippen molar-refractivity contribution in [3.05, 3.63) is 29.8 Å². The number of hydrogen-bond acceptors (Lipinski definition) is 3. The van der Waals surface area contributed by atoms with Gasteiger partial charge in [0, 0.05) is 27.7 Å². The van der Waals surface area contributed by atoms with Gasteiger partial charge in [-0.15, -0.1) is 0 Å². The van der Waals surface area contributed by atoms with E-state index < -0.39 is 0 Å². The maximum absolute atomic E-state index is 12.7. The van der Waals surface area contributed by atoms with Crippen LogP contribution in [0.25, 0.3) is 0 Å². The highest BCUT2D eigenvalue weighted by Crippen LogP contribution is 2.38. The van der Waals surface area contributed by atoms with Crippen molar-refractivity contribution in [2.75, 3.05) is 34.2 Å². The first kappa shape index (κ1) is 21.1. The fourth-order valence-electron chi connectivity index (χ4n) is 3.60. The molecule has 0 bridgehead atoms. The lowest BCUT2D eigenvalue weighted by Gasteiger charge is -2.31. The van der Waals surface area contributed by atoms with Crippen LogP contribution in [0.5, 0.6) is 5.75 Å². The van der Waals surface area contributed by atoms with Gasteiger partial charge in [0.2, 0.25) is 5.91 Å². The molecule has 1 aromatic carbocycles. The number of carbonyl (C=O) groups excluding carboxylic acids is 1. The Hall–Kier alpha value is -2.24. The maximum atomic E-state index is 12.7. The van der Waals surface area contributed by atoms with Crippen LogP contribution >= 0.6 is 0 Å². The number of nitrogens with zero attached hydrogens (tertiary/aromatic N) is 2. The number of nitrogens with one attached hydrogen (secondary N) is 2. The molecule has 1 atom stereocenters. The first-order valence-corrected chi connectivity index (χ1v) is 9.76. The summed E-state index contributed by atoms with van der Waals surface area (Å²) in [6.07, 6.45) is 4.07. The zero-order valence-electron chi connectivity index (χ0n) is 17.3. The molecule has 27 heavy (non-hydrogen) atoms. The normalized spacial score (nSPS) is 17.3. The van der Waals surface area contributed by atoms with Crippen LogP contribution in [-0.4, -0.2) is 57.1 Å². The summed E-state index contributed by atoms with van der Waals surface area (Å²) < 4.78 is 5.93. The van der Waals surface area contributed by atoms with Gasteiger partial charge in [0.15, 0.2) is 5.96 Å². The fraction of sp³-hybridized carbons (Fsp3) is 0.619. The average molecular weight is 375 g/mol. The molecule has 0 aromatic heterocycles. The van der Waals surface area contributed by atoms with Crippen LogP contribution in [0.15, 0.2) is 29.3 Å². The zero-order valence-corrected chi connectivity index (χ0v) is 17.3. The van der Waals surface area contributed by atoms with Gasteiger partial charge in [-0.1, -0.05) is 30.5 Å². The second-order valence-electron chi connectivity index (χ2n) is 7.74. The summed E-state index contributed by atoms with van der Waals surface area (Å²) in [5.41, 5.74) is 0.899. The van der Waals surface area contributed by atoms with E-state index in [4.69, 9.17) is 4.74 Å². The van der Waals surface area contributed by atoms with Gasteiger partial charge in [-0.25, -0.2) is 0 Å². The van der Waals surface area contributed by atoms with Crippen LogP contribution in [0.2, 0.25) is 0 Å². The van der Waals surface area contributed by atoms with Crippen LogP contribution in [0, 0.1) is 12.3 Å². The fourth-order valence-corrected chi connectivity index (χ4v) is 3.60. The van der Waals surface area contributed by atoms with E-state index in [0.29, 0.717) is 19.0 Å². The topological polar surface area (TPSA) is 66.0 Å². The van der Waals surface area contributed by atoms with Crippen molar-refractivity contribution in [1.82, 2.24) is 15.5 Å². The Bertz CT molecular complexity index is 634. The average Bonchev–Trinajstić information content (AvgIpc) is 3.13. The highest BCUT2D eigenvalue weighted by Gasteiger charge is 2.42. The molecule has 0 spiro atoms. The summed E-state index contributed by atoms with van der Waals surface area (Å²) in [6, 6.07) is 8.04. The summed E-state index contributed by atoms with van der Waals surface area (Å²) in [7, 11) is 5.41. The second-order valence-corrected chi connectivity index (χ2v) is 7.74. The van der Waals surface area contributed by atoms with Gasteiger partial charge in [0.05, 0.1) is 12.0 Å². The van der Waals surface area contributed by atoms with E-state index in [1.54, 1.807) is 11.9 Å². The Balaban J connectivity index is 1.84. The Morgan fingerprint density at radius 3 is 2.41 bits per heavy atom. The number of guanidine groups is 1. The monoisotopic (exact) mass is 374 g/mol. The number of aliphatic imine (C=N–C) groups is 1. The molecule has 0 aliphatic heterocycles. The largest absolute Gasteiger partial charge is 0.489 e. The van der Waals surface area contributed by atoms with E-state index in [1.807, 2.05) is 45.3 Å². The van der Waals surface area contributed by atoms with Crippen molar-refractivity contribution >= 4 is 11.9 Å². The van der Waals surface area contributed by atoms with Gasteiger partial charge in [0.25, 0.3) is 0 Å². The summed E-state index contributed by atoms with van der Waals surface area (Å²) >= 11 is 0. The molecule has 6 nitrogen and oxygen atoms in total. The van der Waals surface area contributed by atoms with E-state index in [2.05, 4.69) is 22.5 Å². The van der Waals surface area contributed by atoms with E-state index in [-0.39, 0.29) is 17.4 Å². The number of rotatable bonds is 7. The van der Waals surface area contributed by atoms with Gasteiger partial charge >= 0.3 is 0 Å². The van der Waals surface area contributed by atoms with Crippen molar-refractivity contribution in [1.29, 1.82) is 0 Å². The number of aryl methyl sites for hydroxylation is 1. The third kappa shape index (κ3) is 5.88. The molecular weight excluding hydrogens is 340 g/mol. The highest BCUT2D eigenvalue weighted by atomic mass is 16.5. The smallest absolute Gasteiger partial charge is 0.230 e. The summed E-state index contributed by atoms with van der Waals surface area (Å²) in [6.45, 7) is 5.32. The van der Waals surface area contributed by atoms with Crippen molar-refractivity contribution in [3.8, 4) is 5.75 Å². The Kier molecular flexibility index (Phi) is 7.51. The van der Waals surface area contributed by atoms with Crippen molar-refractivity contribution in [2.24, 2.45) is 10.4 Å². The Labute approximate surface area is 163 Å². The van der Waals surface area contributed by atoms with E-state index >= 15 is 0 Å². The molecule has 0 saturated heterocycles. The third-order valence-electron chi connectivity index (χ3n) is 5.15. The SMILES string of the molecule is CN=C(NCC(C)Oc1ccc(C)cc1)NCC1(C(=O)N(C)C)CCCC1. The summed E-state index contributed by atoms with van der Waals surface area (Å²) in [4.78, 5) is 18.7. The van der Waals surface area contributed by atoms with E-state index in [0.717, 1.165) is 31.4 Å². The van der Waals surface area contributed by atoms with Gasteiger partial charge in [-0.3, -0.25) is 9.79 Å². The van der Waals surface area contributed by atoms with Gasteiger partial charge in [-0.2, -0.15) is 0 Å². The van der Waals surface area contributed by atoms with Crippen molar-refractivity contribution in [2.45, 2.75) is 45.6 Å². The molecule has 1 fully saturated rings. The standard InChI is InChI=1S/C21H34N4O2/c1-16-8-10-18(11-9-16)27-17(2)14-23-20(22-3)24-15-21(12-6-7-13-21)19(26)25(4)5/h8-11,17H,6-7,12-15H2,1-5H3,(H2,22,23,24). The number of amides is 1. The summed E-state index contributed by atoms with van der Waals surface area (Å²) in [5.74, 6) is 1.77. The molecule has 1 aliphatic rings. The number of ether oxygens (including phenoxy) is 1. The predicted octanol–water partition coefficient (Wildman–Crippen LogP) is 2.58. The second kappa shape index (κ2) is 9.62. The molecule has 2 rings (SSSR count). The van der Waals surface area contributed by atoms with E-state index in [9.17, 15) is 4.79 Å². The number of carbonyl (C=O) groups is 1. The highest BCUT2D eigenvalue weighted by molar-refractivity contribution is 5.85. The molecule has 1 aromatic rings. The molecule has 1 aliphatic carbocycles. The summed E-state index contributed by atoms with van der Waals surface area (Å²) in [5, 5.41) is 6.65. The Morgan fingerprint density at radius 2 is 1.85 bits per heavy atom. The van der Waals surface area contributed by atoms with Crippen LogP contribution in [0.1, 0.15) is 38.2 Å². The molecule has 1 saturated carbocycles. The number of benzene rings is 1. The Morgan fingerprint density at radius 1 is 1.22 bits per heavy atom. The van der Waals surface area contributed by atoms with Gasteiger partial charge in [0.1, 0.15) is 11.9 Å². The quantitative estimate of drug-likeness (QED) is 0.569. The zero-order chi connectivity index (χ0) is 19.9. The maximum Gasteiger partial charge on any atom is 0.230 e. The van der Waals surface area contributed by atoms with Crippen LogP contribution in [0.3, 0.4) is 0 Å². The molecule has 1 amide bonds. The van der Waals surface area contributed by atoms with E-state index in [1.165, 1.54) is 5.56 Å². The van der Waals surface area contributed by atoms with Gasteiger partial charge in [-0.05, 0) is 38.8 Å². The minimum Gasteiger partial charge on any atom is -0.489 e. The molecule has 0 radical (unpaired) electrons. The lowest BCUT2D eigenvalue weighted by atomic mass is 9.84. The molecule has 1 unspecified atom stereocenters.